The summed E-state index contributed by atoms with van der Waals surface area (Å²) in [5.74, 6) is 1.03. The number of rotatable bonds is 0. The van der Waals surface area contributed by atoms with E-state index in [9.17, 15) is 0 Å². The summed E-state index contributed by atoms with van der Waals surface area (Å²) < 4.78 is 6.17. The molecular formula is C17H18O. The highest BCUT2D eigenvalue weighted by molar-refractivity contribution is 5.94. The number of hydrogen-bond acceptors (Lipinski definition) is 1. The minimum absolute atomic E-state index is 0.224. The van der Waals surface area contributed by atoms with Crippen molar-refractivity contribution in [3.8, 4) is 5.75 Å². The summed E-state index contributed by atoms with van der Waals surface area (Å²) in [7, 11) is 0. The first-order valence-corrected chi connectivity index (χ1v) is 6.38. The molecule has 0 saturated heterocycles. The molecule has 0 radical (unpaired) electrons. The second-order valence-corrected chi connectivity index (χ2v) is 5.70. The van der Waals surface area contributed by atoms with Crippen LogP contribution in [0.5, 0.6) is 5.75 Å². The van der Waals surface area contributed by atoms with Gasteiger partial charge in [-0.1, -0.05) is 35.9 Å². The quantitative estimate of drug-likeness (QED) is 0.649. The predicted molar refractivity (Wildman–Crippen MR) is 77.2 cm³/mol. The van der Waals surface area contributed by atoms with Crippen molar-refractivity contribution in [1.29, 1.82) is 0 Å². The van der Waals surface area contributed by atoms with Crippen LogP contribution in [-0.2, 0) is 0 Å². The van der Waals surface area contributed by atoms with Crippen molar-refractivity contribution in [2.75, 3.05) is 0 Å². The van der Waals surface area contributed by atoms with Crippen LogP contribution in [-0.4, -0.2) is 5.60 Å². The molecular weight excluding hydrogens is 220 g/mol. The molecule has 0 fully saturated rings. The molecule has 1 aliphatic rings. The van der Waals surface area contributed by atoms with Crippen molar-refractivity contribution in [2.24, 2.45) is 0 Å². The van der Waals surface area contributed by atoms with Gasteiger partial charge in [0.15, 0.2) is 0 Å². The topological polar surface area (TPSA) is 9.23 Å². The summed E-state index contributed by atoms with van der Waals surface area (Å²) in [5.41, 5.74) is 3.55. The standard InChI is InChI=1S/C17H18O/c1-11-5-6-15-13(9-11)10-12(2)14-7-8-17(3,4)18-16(14)15/h5-10H,1-4H3. The number of benzene rings is 2. The van der Waals surface area contributed by atoms with Gasteiger partial charge in [0.1, 0.15) is 11.4 Å². The third-order valence-corrected chi connectivity index (χ3v) is 3.51. The molecule has 1 aliphatic heterocycles. The second-order valence-electron chi connectivity index (χ2n) is 5.70. The zero-order valence-corrected chi connectivity index (χ0v) is 11.4. The average Bonchev–Trinajstić information content (AvgIpc) is 2.27. The van der Waals surface area contributed by atoms with E-state index >= 15 is 0 Å². The molecule has 1 heteroatoms. The summed E-state index contributed by atoms with van der Waals surface area (Å²) in [6.07, 6.45) is 4.32. The normalized spacial score (nSPS) is 16.4. The van der Waals surface area contributed by atoms with Gasteiger partial charge in [-0.3, -0.25) is 0 Å². The minimum atomic E-state index is -0.224. The Bertz CT molecular complexity index is 663. The Hall–Kier alpha value is -1.76. The number of fused-ring (bicyclic) bond motifs is 3. The molecule has 18 heavy (non-hydrogen) atoms. The van der Waals surface area contributed by atoms with Gasteiger partial charge < -0.3 is 4.74 Å². The van der Waals surface area contributed by atoms with E-state index in [1.807, 2.05) is 0 Å². The molecule has 0 spiro atoms. The number of hydrogen-bond donors (Lipinski definition) is 0. The fourth-order valence-corrected chi connectivity index (χ4v) is 2.54. The van der Waals surface area contributed by atoms with Crippen molar-refractivity contribution in [3.63, 3.8) is 0 Å². The van der Waals surface area contributed by atoms with Gasteiger partial charge in [-0.15, -0.1) is 0 Å². The van der Waals surface area contributed by atoms with Crippen molar-refractivity contribution >= 4 is 16.8 Å². The van der Waals surface area contributed by atoms with Crippen LogP contribution < -0.4 is 4.74 Å². The van der Waals surface area contributed by atoms with E-state index in [1.54, 1.807) is 0 Å². The molecule has 0 aliphatic carbocycles. The van der Waals surface area contributed by atoms with E-state index in [2.05, 4.69) is 64.1 Å². The van der Waals surface area contributed by atoms with Crippen LogP contribution in [0.1, 0.15) is 30.5 Å². The number of aryl methyl sites for hydroxylation is 2. The van der Waals surface area contributed by atoms with Crippen LogP contribution in [0.25, 0.3) is 16.8 Å². The van der Waals surface area contributed by atoms with E-state index < -0.39 is 0 Å². The van der Waals surface area contributed by atoms with Crippen molar-refractivity contribution in [2.45, 2.75) is 33.3 Å². The Kier molecular flexibility index (Phi) is 2.28. The first-order valence-electron chi connectivity index (χ1n) is 6.38. The zero-order valence-electron chi connectivity index (χ0n) is 11.4. The van der Waals surface area contributed by atoms with Crippen LogP contribution in [0.3, 0.4) is 0 Å². The fourth-order valence-electron chi connectivity index (χ4n) is 2.54. The molecule has 0 saturated carbocycles. The molecule has 92 valence electrons. The predicted octanol–water partition coefficient (Wildman–Crippen LogP) is 4.64. The third-order valence-electron chi connectivity index (χ3n) is 3.51. The first-order chi connectivity index (χ1) is 8.46. The van der Waals surface area contributed by atoms with Crippen LogP contribution in [0, 0.1) is 13.8 Å². The van der Waals surface area contributed by atoms with Gasteiger partial charge in [0.25, 0.3) is 0 Å². The van der Waals surface area contributed by atoms with E-state index in [0.29, 0.717) is 0 Å². The summed E-state index contributed by atoms with van der Waals surface area (Å²) in [5, 5.41) is 2.47. The van der Waals surface area contributed by atoms with Gasteiger partial charge in [-0.2, -0.15) is 0 Å². The molecule has 0 amide bonds. The third kappa shape index (κ3) is 1.71. The van der Waals surface area contributed by atoms with E-state index in [0.717, 1.165) is 5.75 Å². The fraction of sp³-hybridized carbons (Fsp3) is 0.294. The lowest BCUT2D eigenvalue weighted by Gasteiger charge is -2.29. The van der Waals surface area contributed by atoms with E-state index in [-0.39, 0.29) is 5.60 Å². The lowest BCUT2D eigenvalue weighted by atomic mass is 9.94. The Morgan fingerprint density at radius 1 is 1.06 bits per heavy atom. The highest BCUT2D eigenvalue weighted by Gasteiger charge is 2.24. The van der Waals surface area contributed by atoms with Crippen molar-refractivity contribution in [1.82, 2.24) is 0 Å². The van der Waals surface area contributed by atoms with Gasteiger partial charge in [-0.05, 0) is 44.7 Å². The molecule has 0 unspecified atom stereocenters. The van der Waals surface area contributed by atoms with Crippen LogP contribution in [0.2, 0.25) is 0 Å². The smallest absolute Gasteiger partial charge is 0.135 e. The SMILES string of the molecule is Cc1ccc2c3c(c(C)cc2c1)C=CC(C)(C)O3. The van der Waals surface area contributed by atoms with Gasteiger partial charge in [0.2, 0.25) is 0 Å². The maximum absolute atomic E-state index is 6.17. The lowest BCUT2D eigenvalue weighted by Crippen LogP contribution is -2.27. The molecule has 0 aromatic heterocycles. The number of ether oxygens (including phenoxy) is 1. The van der Waals surface area contributed by atoms with Crippen LogP contribution >= 0.6 is 0 Å². The van der Waals surface area contributed by atoms with Crippen molar-refractivity contribution in [3.05, 3.63) is 47.0 Å². The minimum Gasteiger partial charge on any atom is -0.482 e. The lowest BCUT2D eigenvalue weighted by molar-refractivity contribution is 0.161. The van der Waals surface area contributed by atoms with E-state index in [1.165, 1.54) is 27.5 Å². The summed E-state index contributed by atoms with van der Waals surface area (Å²) in [4.78, 5) is 0. The van der Waals surface area contributed by atoms with Crippen molar-refractivity contribution < 1.29 is 4.74 Å². The summed E-state index contributed by atoms with van der Waals surface area (Å²) in [6.45, 7) is 8.45. The molecule has 3 rings (SSSR count). The average molecular weight is 238 g/mol. The molecule has 1 heterocycles. The highest BCUT2D eigenvalue weighted by atomic mass is 16.5. The van der Waals surface area contributed by atoms with Crippen LogP contribution in [0.4, 0.5) is 0 Å². The second kappa shape index (κ2) is 3.61. The maximum atomic E-state index is 6.17. The summed E-state index contributed by atoms with van der Waals surface area (Å²) in [6, 6.07) is 8.77. The van der Waals surface area contributed by atoms with Gasteiger partial charge in [0, 0.05) is 10.9 Å². The Morgan fingerprint density at radius 2 is 1.83 bits per heavy atom. The molecule has 0 N–H and O–H groups in total. The molecule has 0 bridgehead atoms. The first kappa shape index (κ1) is 11.3. The molecule has 1 nitrogen and oxygen atoms in total. The monoisotopic (exact) mass is 238 g/mol. The largest absolute Gasteiger partial charge is 0.482 e. The van der Waals surface area contributed by atoms with Gasteiger partial charge in [-0.25, -0.2) is 0 Å². The Morgan fingerprint density at radius 3 is 2.61 bits per heavy atom. The maximum Gasteiger partial charge on any atom is 0.135 e. The molecule has 2 aromatic carbocycles. The van der Waals surface area contributed by atoms with Crippen LogP contribution in [0.15, 0.2) is 30.3 Å². The molecule has 0 atom stereocenters. The van der Waals surface area contributed by atoms with Gasteiger partial charge >= 0.3 is 0 Å². The molecule has 2 aromatic rings. The summed E-state index contributed by atoms with van der Waals surface area (Å²) >= 11 is 0. The van der Waals surface area contributed by atoms with E-state index in [4.69, 9.17) is 4.74 Å². The highest BCUT2D eigenvalue weighted by Crippen LogP contribution is 2.39. The zero-order chi connectivity index (χ0) is 12.9. The Balaban J connectivity index is 2.36. The van der Waals surface area contributed by atoms with Gasteiger partial charge in [0.05, 0.1) is 0 Å². The Labute approximate surface area is 108 Å².